The Balaban J connectivity index is 1.72. The number of esters is 1. The molecule has 2 atom stereocenters. The van der Waals surface area contributed by atoms with Gasteiger partial charge in [0.2, 0.25) is 5.91 Å². The molecule has 0 spiro atoms. The van der Waals surface area contributed by atoms with Crippen molar-refractivity contribution in [3.05, 3.63) is 41.7 Å². The van der Waals surface area contributed by atoms with Gasteiger partial charge < -0.3 is 15.8 Å². The van der Waals surface area contributed by atoms with Crippen LogP contribution in [0.5, 0.6) is 0 Å². The zero-order valence-corrected chi connectivity index (χ0v) is 15.8. The van der Waals surface area contributed by atoms with E-state index in [4.69, 9.17) is 10.5 Å². The van der Waals surface area contributed by atoms with E-state index in [1.165, 1.54) is 6.20 Å². The molecule has 1 aromatic carbocycles. The molecule has 27 heavy (non-hydrogen) atoms. The maximum Gasteiger partial charge on any atom is 0.341 e. The molecule has 0 bridgehead atoms. The summed E-state index contributed by atoms with van der Waals surface area (Å²) < 4.78 is 6.71. The maximum absolute atomic E-state index is 12.3. The molecule has 0 unspecified atom stereocenters. The normalized spacial score (nSPS) is 19.1. The summed E-state index contributed by atoms with van der Waals surface area (Å²) in [6.45, 7) is 3.89. The van der Waals surface area contributed by atoms with Crippen molar-refractivity contribution in [3.8, 4) is 5.69 Å². The smallest absolute Gasteiger partial charge is 0.341 e. The molecule has 0 aliphatic heterocycles. The molecule has 144 valence electrons. The molecule has 1 aliphatic rings. The molecule has 1 aliphatic carbocycles. The number of nitrogens with two attached hydrogens (primary N) is 1. The van der Waals surface area contributed by atoms with E-state index < -0.39 is 5.97 Å². The van der Waals surface area contributed by atoms with E-state index in [-0.39, 0.29) is 17.9 Å². The summed E-state index contributed by atoms with van der Waals surface area (Å²) in [5, 5.41) is 7.23. The van der Waals surface area contributed by atoms with Crippen LogP contribution in [0.15, 0.2) is 30.5 Å². The van der Waals surface area contributed by atoms with Gasteiger partial charge in [-0.2, -0.15) is 5.10 Å². The van der Waals surface area contributed by atoms with E-state index in [9.17, 15) is 9.59 Å². The van der Waals surface area contributed by atoms with Gasteiger partial charge in [-0.15, -0.1) is 0 Å². The first-order valence-electron chi connectivity index (χ1n) is 9.37. The van der Waals surface area contributed by atoms with Crippen LogP contribution in [0.1, 0.15) is 48.7 Å². The summed E-state index contributed by atoms with van der Waals surface area (Å²) in [4.78, 5) is 24.3. The largest absolute Gasteiger partial charge is 0.462 e. The van der Waals surface area contributed by atoms with Crippen LogP contribution >= 0.6 is 0 Å². The van der Waals surface area contributed by atoms with Crippen LogP contribution in [-0.2, 0) is 9.53 Å². The molecule has 2 aromatic rings. The lowest BCUT2D eigenvalue weighted by Gasteiger charge is -2.15. The highest BCUT2D eigenvalue weighted by atomic mass is 16.5. The predicted octanol–water partition coefficient (Wildman–Crippen LogP) is 2.81. The number of anilines is 1. The Morgan fingerprint density at radius 3 is 2.89 bits per heavy atom. The van der Waals surface area contributed by atoms with Crippen LogP contribution in [-0.4, -0.2) is 34.3 Å². The molecule has 3 rings (SSSR count). The Labute approximate surface area is 158 Å². The highest BCUT2D eigenvalue weighted by Crippen LogP contribution is 2.27. The summed E-state index contributed by atoms with van der Waals surface area (Å²) in [5.41, 5.74) is 8.63. The first-order chi connectivity index (χ1) is 13.0. The average molecular weight is 370 g/mol. The van der Waals surface area contributed by atoms with Gasteiger partial charge in [-0.05, 0) is 50.8 Å². The van der Waals surface area contributed by atoms with Crippen molar-refractivity contribution in [2.24, 2.45) is 11.7 Å². The first kappa shape index (κ1) is 19.1. The lowest BCUT2D eigenvalue weighted by Crippen LogP contribution is -2.28. The van der Waals surface area contributed by atoms with E-state index in [1.807, 2.05) is 31.2 Å². The van der Waals surface area contributed by atoms with E-state index in [0.717, 1.165) is 24.9 Å². The summed E-state index contributed by atoms with van der Waals surface area (Å²) in [7, 11) is 0. The second kappa shape index (κ2) is 8.35. The molecule has 7 heteroatoms. The molecular weight excluding hydrogens is 344 g/mol. The van der Waals surface area contributed by atoms with Crippen LogP contribution < -0.4 is 11.1 Å². The highest BCUT2D eigenvalue weighted by molar-refractivity contribution is 5.91. The molecule has 0 saturated heterocycles. The van der Waals surface area contributed by atoms with Gasteiger partial charge in [0.05, 0.1) is 24.2 Å². The van der Waals surface area contributed by atoms with Gasteiger partial charge in [-0.3, -0.25) is 4.79 Å². The molecule has 1 amide bonds. The number of aromatic nitrogens is 2. The monoisotopic (exact) mass is 370 g/mol. The fraction of sp³-hybridized carbons (Fsp3) is 0.450. The zero-order valence-electron chi connectivity index (χ0n) is 15.8. The zero-order chi connectivity index (χ0) is 19.4. The van der Waals surface area contributed by atoms with Crippen LogP contribution in [0.4, 0.5) is 5.69 Å². The third-order valence-corrected chi connectivity index (χ3v) is 5.05. The Morgan fingerprint density at radius 2 is 2.19 bits per heavy atom. The number of nitrogens with one attached hydrogen (secondary N) is 1. The number of ether oxygens (including phenoxy) is 1. The van der Waals surface area contributed by atoms with Gasteiger partial charge in [-0.25, -0.2) is 9.48 Å². The highest BCUT2D eigenvalue weighted by Gasteiger charge is 2.26. The topological polar surface area (TPSA) is 99.2 Å². The summed E-state index contributed by atoms with van der Waals surface area (Å²) in [6, 6.07) is 7.51. The molecule has 3 N–H and O–H groups in total. The second-order valence-electron chi connectivity index (χ2n) is 6.93. The number of hydrogen-bond acceptors (Lipinski definition) is 5. The Bertz CT molecular complexity index is 830. The number of carbonyl (C=O) groups is 2. The fourth-order valence-electron chi connectivity index (χ4n) is 3.56. The van der Waals surface area contributed by atoms with Crippen LogP contribution in [0.2, 0.25) is 0 Å². The third-order valence-electron chi connectivity index (χ3n) is 5.05. The van der Waals surface area contributed by atoms with Crippen LogP contribution in [0.3, 0.4) is 0 Å². The summed E-state index contributed by atoms with van der Waals surface area (Å²) in [6.07, 6.45) is 5.04. The number of rotatable bonds is 6. The van der Waals surface area contributed by atoms with E-state index in [0.29, 0.717) is 30.0 Å². The molecule has 1 aromatic heterocycles. The molecule has 7 nitrogen and oxygen atoms in total. The van der Waals surface area contributed by atoms with Crippen LogP contribution in [0, 0.1) is 12.8 Å². The minimum absolute atomic E-state index is 0.0288. The van der Waals surface area contributed by atoms with E-state index >= 15 is 0 Å². The first-order valence-corrected chi connectivity index (χ1v) is 9.37. The Hall–Kier alpha value is -2.67. The number of carbonyl (C=O) groups excluding carboxylic acids is 2. The quantitative estimate of drug-likeness (QED) is 0.762. The van der Waals surface area contributed by atoms with Crippen molar-refractivity contribution in [1.29, 1.82) is 0 Å². The average Bonchev–Trinajstić information content (AvgIpc) is 3.21. The van der Waals surface area contributed by atoms with Gasteiger partial charge in [0.25, 0.3) is 0 Å². The van der Waals surface area contributed by atoms with Gasteiger partial charge >= 0.3 is 5.97 Å². The molecule has 1 saturated carbocycles. The van der Waals surface area contributed by atoms with E-state index in [2.05, 4.69) is 10.4 Å². The Kier molecular flexibility index (Phi) is 5.91. The lowest BCUT2D eigenvalue weighted by molar-refractivity contribution is -0.117. The fourth-order valence-corrected chi connectivity index (χ4v) is 3.56. The summed E-state index contributed by atoms with van der Waals surface area (Å²) >= 11 is 0. The molecular formula is C20H26N4O3. The standard InChI is InChI=1S/C20H26N4O3/c1-3-27-20(26)17-12-22-24(13(17)2)16-8-5-7-15(11-16)23-19(25)10-14-6-4-9-18(14)21/h5,7-8,11-12,14,18H,3-4,6,9-10,21H2,1-2H3,(H,23,25)/t14-,18+/m0/s1. The van der Waals surface area contributed by atoms with E-state index in [1.54, 1.807) is 11.6 Å². The van der Waals surface area contributed by atoms with Crippen molar-refractivity contribution in [1.82, 2.24) is 9.78 Å². The minimum Gasteiger partial charge on any atom is -0.462 e. The van der Waals surface area contributed by atoms with Crippen molar-refractivity contribution in [2.75, 3.05) is 11.9 Å². The van der Waals surface area contributed by atoms with Gasteiger partial charge in [0.15, 0.2) is 0 Å². The Morgan fingerprint density at radius 1 is 1.37 bits per heavy atom. The van der Waals surface area contributed by atoms with Gasteiger partial charge in [-0.1, -0.05) is 12.5 Å². The maximum atomic E-state index is 12.3. The molecule has 0 radical (unpaired) electrons. The van der Waals surface area contributed by atoms with Gasteiger partial charge in [0.1, 0.15) is 5.56 Å². The van der Waals surface area contributed by atoms with Crippen molar-refractivity contribution in [2.45, 2.75) is 45.6 Å². The van der Waals surface area contributed by atoms with Gasteiger partial charge in [0, 0.05) is 18.2 Å². The number of amides is 1. The third kappa shape index (κ3) is 4.36. The SMILES string of the molecule is CCOC(=O)c1cnn(-c2cccc(NC(=O)C[C@@H]3CCC[C@H]3N)c2)c1C. The number of hydrogen-bond donors (Lipinski definition) is 2. The van der Waals surface area contributed by atoms with Crippen molar-refractivity contribution < 1.29 is 14.3 Å². The number of benzene rings is 1. The minimum atomic E-state index is -0.390. The van der Waals surface area contributed by atoms with Crippen molar-refractivity contribution in [3.63, 3.8) is 0 Å². The number of nitrogens with zero attached hydrogens (tertiary/aromatic N) is 2. The predicted molar refractivity (Wildman–Crippen MR) is 103 cm³/mol. The van der Waals surface area contributed by atoms with Crippen LogP contribution in [0.25, 0.3) is 5.69 Å². The van der Waals surface area contributed by atoms with Crippen molar-refractivity contribution >= 4 is 17.6 Å². The second-order valence-corrected chi connectivity index (χ2v) is 6.93. The lowest BCUT2D eigenvalue weighted by atomic mass is 10.00. The summed E-state index contributed by atoms with van der Waals surface area (Å²) in [5.74, 6) is -0.161. The molecule has 1 fully saturated rings. The molecule has 1 heterocycles.